The number of hydrogen-bond donors (Lipinski definition) is 1. The van der Waals surface area contributed by atoms with Gasteiger partial charge in [-0.25, -0.2) is 0 Å². The Hall–Kier alpha value is -1.89. The van der Waals surface area contributed by atoms with Gasteiger partial charge in [0, 0.05) is 51.6 Å². The smallest absolute Gasteiger partial charge is 0.226 e. The first-order chi connectivity index (χ1) is 12.6. The van der Waals surface area contributed by atoms with E-state index in [2.05, 4.69) is 15.4 Å². The Labute approximate surface area is 155 Å². The molecule has 1 aliphatic carbocycles. The Morgan fingerprint density at radius 2 is 1.92 bits per heavy atom. The minimum atomic E-state index is -0.0617. The number of anilines is 1. The highest BCUT2D eigenvalue weighted by molar-refractivity contribution is 5.89. The van der Waals surface area contributed by atoms with Crippen molar-refractivity contribution in [3.05, 3.63) is 11.8 Å². The fourth-order valence-corrected chi connectivity index (χ4v) is 3.90. The average Bonchev–Trinajstić information content (AvgIpc) is 3.30. The molecule has 7 heteroatoms. The van der Waals surface area contributed by atoms with Crippen LogP contribution in [0.4, 0.5) is 5.82 Å². The summed E-state index contributed by atoms with van der Waals surface area (Å²) in [4.78, 5) is 28.6. The van der Waals surface area contributed by atoms with Gasteiger partial charge >= 0.3 is 0 Å². The SMILES string of the molecule is Cc1cc(NC(=O)CCN2CCN(C(=O)CCC3CCCC3)CC2)no1. The predicted octanol–water partition coefficient (Wildman–Crippen LogP) is 2.43. The third-order valence-corrected chi connectivity index (χ3v) is 5.52. The lowest BCUT2D eigenvalue weighted by Gasteiger charge is -2.34. The molecule has 26 heavy (non-hydrogen) atoms. The average molecular weight is 362 g/mol. The van der Waals surface area contributed by atoms with Crippen molar-refractivity contribution >= 4 is 17.6 Å². The molecule has 144 valence electrons. The molecule has 0 bridgehead atoms. The normalized spacial score (nSPS) is 19.0. The molecule has 1 saturated heterocycles. The van der Waals surface area contributed by atoms with Gasteiger partial charge in [0.25, 0.3) is 0 Å². The maximum Gasteiger partial charge on any atom is 0.226 e. The van der Waals surface area contributed by atoms with Crippen LogP contribution in [0.1, 0.15) is 50.7 Å². The van der Waals surface area contributed by atoms with Crippen molar-refractivity contribution < 1.29 is 14.1 Å². The molecular weight excluding hydrogens is 332 g/mol. The lowest BCUT2D eigenvalue weighted by molar-refractivity contribution is -0.133. The monoisotopic (exact) mass is 362 g/mol. The van der Waals surface area contributed by atoms with E-state index >= 15 is 0 Å². The van der Waals surface area contributed by atoms with Crippen LogP contribution in [0.15, 0.2) is 10.6 Å². The van der Waals surface area contributed by atoms with Crippen molar-refractivity contribution in [3.63, 3.8) is 0 Å². The van der Waals surface area contributed by atoms with E-state index in [1.54, 1.807) is 13.0 Å². The zero-order valence-electron chi connectivity index (χ0n) is 15.7. The van der Waals surface area contributed by atoms with E-state index in [-0.39, 0.29) is 5.91 Å². The number of rotatable bonds is 7. The standard InChI is InChI=1S/C19H30N4O3/c1-15-14-17(21-26-15)20-18(24)8-9-22-10-12-23(13-11-22)19(25)7-6-16-4-2-3-5-16/h14,16H,2-13H2,1H3,(H,20,21,24). The van der Waals surface area contributed by atoms with Gasteiger partial charge in [-0.3, -0.25) is 14.5 Å². The van der Waals surface area contributed by atoms with Crippen molar-refractivity contribution in [1.82, 2.24) is 15.0 Å². The molecule has 2 amide bonds. The number of aryl methyl sites for hydroxylation is 1. The van der Waals surface area contributed by atoms with E-state index in [0.29, 0.717) is 36.9 Å². The number of hydrogen-bond acceptors (Lipinski definition) is 5. The molecule has 0 unspecified atom stereocenters. The van der Waals surface area contributed by atoms with Crippen LogP contribution < -0.4 is 5.32 Å². The molecule has 7 nitrogen and oxygen atoms in total. The van der Waals surface area contributed by atoms with Crippen LogP contribution in [-0.4, -0.2) is 59.5 Å². The van der Waals surface area contributed by atoms with Gasteiger partial charge < -0.3 is 14.7 Å². The first-order valence-electron chi connectivity index (χ1n) is 9.83. The molecule has 2 fully saturated rings. The highest BCUT2D eigenvalue weighted by Crippen LogP contribution is 2.28. The van der Waals surface area contributed by atoms with Gasteiger partial charge in [0.2, 0.25) is 11.8 Å². The number of amides is 2. The van der Waals surface area contributed by atoms with Gasteiger partial charge in [0.1, 0.15) is 5.76 Å². The molecule has 1 aromatic heterocycles. The van der Waals surface area contributed by atoms with Crippen molar-refractivity contribution in [3.8, 4) is 0 Å². The Balaban J connectivity index is 1.30. The zero-order valence-corrected chi connectivity index (χ0v) is 15.7. The highest BCUT2D eigenvalue weighted by Gasteiger charge is 2.23. The third-order valence-electron chi connectivity index (χ3n) is 5.52. The van der Waals surface area contributed by atoms with E-state index in [9.17, 15) is 9.59 Å². The molecule has 0 spiro atoms. The van der Waals surface area contributed by atoms with Crippen LogP contribution in [0.3, 0.4) is 0 Å². The van der Waals surface area contributed by atoms with Crippen molar-refractivity contribution in [2.75, 3.05) is 38.0 Å². The maximum absolute atomic E-state index is 12.4. The number of aromatic nitrogens is 1. The molecule has 2 aliphatic rings. The lowest BCUT2D eigenvalue weighted by atomic mass is 10.0. The molecule has 3 rings (SSSR count). The van der Waals surface area contributed by atoms with Gasteiger partial charge in [-0.2, -0.15) is 0 Å². The van der Waals surface area contributed by atoms with Gasteiger partial charge in [-0.1, -0.05) is 30.8 Å². The number of piperazine rings is 1. The second kappa shape index (κ2) is 9.16. The number of nitrogens with zero attached hydrogens (tertiary/aromatic N) is 3. The molecule has 1 aliphatic heterocycles. The molecule has 0 aromatic carbocycles. The molecule has 2 heterocycles. The quantitative estimate of drug-likeness (QED) is 0.806. The van der Waals surface area contributed by atoms with Gasteiger partial charge in [0.05, 0.1) is 0 Å². The fourth-order valence-electron chi connectivity index (χ4n) is 3.90. The molecular formula is C19H30N4O3. The van der Waals surface area contributed by atoms with Crippen molar-refractivity contribution in [1.29, 1.82) is 0 Å². The third kappa shape index (κ3) is 5.56. The summed E-state index contributed by atoms with van der Waals surface area (Å²) in [6, 6.07) is 1.70. The van der Waals surface area contributed by atoms with Crippen LogP contribution >= 0.6 is 0 Å². The van der Waals surface area contributed by atoms with Gasteiger partial charge in [-0.05, 0) is 19.3 Å². The minimum absolute atomic E-state index is 0.0617. The summed E-state index contributed by atoms with van der Waals surface area (Å²) in [6.45, 7) is 5.71. The second-order valence-electron chi connectivity index (χ2n) is 7.53. The predicted molar refractivity (Wildman–Crippen MR) is 98.7 cm³/mol. The molecule has 1 saturated carbocycles. The van der Waals surface area contributed by atoms with Gasteiger partial charge in [-0.15, -0.1) is 0 Å². The number of carbonyl (C=O) groups is 2. The summed E-state index contributed by atoms with van der Waals surface area (Å²) in [7, 11) is 0. The van der Waals surface area contributed by atoms with Crippen LogP contribution in [0.5, 0.6) is 0 Å². The number of carbonyl (C=O) groups excluding carboxylic acids is 2. The molecule has 0 radical (unpaired) electrons. The van der Waals surface area contributed by atoms with E-state index in [1.165, 1.54) is 25.7 Å². The Bertz CT molecular complexity index is 602. The summed E-state index contributed by atoms with van der Waals surface area (Å²) in [5.41, 5.74) is 0. The van der Waals surface area contributed by atoms with E-state index < -0.39 is 0 Å². The second-order valence-corrected chi connectivity index (χ2v) is 7.53. The largest absolute Gasteiger partial charge is 0.360 e. The fraction of sp³-hybridized carbons (Fsp3) is 0.737. The van der Waals surface area contributed by atoms with Crippen LogP contribution in [0.25, 0.3) is 0 Å². The van der Waals surface area contributed by atoms with E-state index in [0.717, 1.165) is 38.5 Å². The molecule has 1 aromatic rings. The first-order valence-corrected chi connectivity index (χ1v) is 9.83. The summed E-state index contributed by atoms with van der Waals surface area (Å²) in [5.74, 6) is 2.15. The zero-order chi connectivity index (χ0) is 18.4. The molecule has 1 N–H and O–H groups in total. The molecule has 0 atom stereocenters. The topological polar surface area (TPSA) is 78.7 Å². The lowest BCUT2D eigenvalue weighted by Crippen LogP contribution is -2.49. The summed E-state index contributed by atoms with van der Waals surface area (Å²) in [5, 5.41) is 6.50. The summed E-state index contributed by atoms with van der Waals surface area (Å²) < 4.78 is 4.93. The highest BCUT2D eigenvalue weighted by atomic mass is 16.5. The number of nitrogens with one attached hydrogen (secondary N) is 1. The van der Waals surface area contributed by atoms with Crippen LogP contribution in [0.2, 0.25) is 0 Å². The van der Waals surface area contributed by atoms with Gasteiger partial charge in [0.15, 0.2) is 5.82 Å². The Kier molecular flexibility index (Phi) is 6.66. The Morgan fingerprint density at radius 3 is 2.58 bits per heavy atom. The minimum Gasteiger partial charge on any atom is -0.360 e. The summed E-state index contributed by atoms with van der Waals surface area (Å²) >= 11 is 0. The maximum atomic E-state index is 12.4. The summed E-state index contributed by atoms with van der Waals surface area (Å²) in [6.07, 6.45) is 7.45. The van der Waals surface area contributed by atoms with Crippen LogP contribution in [-0.2, 0) is 9.59 Å². The first kappa shape index (κ1) is 18.9. The van der Waals surface area contributed by atoms with Crippen molar-refractivity contribution in [2.45, 2.75) is 51.9 Å². The Morgan fingerprint density at radius 1 is 1.19 bits per heavy atom. The van der Waals surface area contributed by atoms with Crippen LogP contribution in [0, 0.1) is 12.8 Å². The van der Waals surface area contributed by atoms with E-state index in [1.807, 2.05) is 4.90 Å². The van der Waals surface area contributed by atoms with E-state index in [4.69, 9.17) is 4.52 Å². The van der Waals surface area contributed by atoms with Crippen molar-refractivity contribution in [2.24, 2.45) is 5.92 Å².